The molecule has 0 saturated carbocycles. The van der Waals surface area contributed by atoms with Gasteiger partial charge >= 0.3 is 0 Å². The topological polar surface area (TPSA) is 71.3 Å². The molecule has 2 N–H and O–H groups in total. The molecule has 0 aliphatic heterocycles. The number of halogens is 1. The van der Waals surface area contributed by atoms with Crippen LogP contribution in [0, 0.1) is 6.92 Å². The second-order valence-corrected chi connectivity index (χ2v) is 6.04. The maximum absolute atomic E-state index is 12.4. The molecule has 5 nitrogen and oxygen atoms in total. The van der Waals surface area contributed by atoms with Crippen LogP contribution in [-0.4, -0.2) is 18.9 Å². The van der Waals surface area contributed by atoms with Gasteiger partial charge < -0.3 is 15.1 Å². The van der Waals surface area contributed by atoms with Gasteiger partial charge in [0.1, 0.15) is 0 Å². The summed E-state index contributed by atoms with van der Waals surface area (Å²) in [7, 11) is 1.58. The Morgan fingerprint density at radius 1 is 1.08 bits per heavy atom. The van der Waals surface area contributed by atoms with E-state index in [-0.39, 0.29) is 17.6 Å². The first kappa shape index (κ1) is 17.0. The number of nitrogens with one attached hydrogen (secondary N) is 2. The number of furan rings is 1. The van der Waals surface area contributed by atoms with Gasteiger partial charge in [-0.2, -0.15) is 0 Å². The van der Waals surface area contributed by atoms with Crippen LogP contribution in [0.1, 0.15) is 32.0 Å². The van der Waals surface area contributed by atoms with Crippen molar-refractivity contribution in [3.63, 3.8) is 0 Å². The molecule has 0 aliphatic rings. The second kappa shape index (κ2) is 6.99. The molecule has 0 fully saturated rings. The molecule has 0 bridgehead atoms. The maximum Gasteiger partial charge on any atom is 0.287 e. The van der Waals surface area contributed by atoms with E-state index in [0.717, 1.165) is 16.5 Å². The molecular formula is C19H17ClN2O3. The van der Waals surface area contributed by atoms with Crippen molar-refractivity contribution in [2.45, 2.75) is 13.5 Å². The van der Waals surface area contributed by atoms with Crippen LogP contribution >= 0.6 is 11.6 Å². The minimum Gasteiger partial charge on any atom is -0.449 e. The maximum atomic E-state index is 12.4. The fourth-order valence-corrected chi connectivity index (χ4v) is 2.82. The van der Waals surface area contributed by atoms with Crippen LogP contribution < -0.4 is 10.6 Å². The van der Waals surface area contributed by atoms with Crippen molar-refractivity contribution in [2.24, 2.45) is 0 Å². The SMILES string of the molecule is CNC(=O)c1ccc(CNC(=O)c2oc3c(Cl)cccc3c2C)cc1. The molecule has 0 atom stereocenters. The summed E-state index contributed by atoms with van der Waals surface area (Å²) in [6.45, 7) is 2.16. The predicted octanol–water partition coefficient (Wildman–Crippen LogP) is 3.68. The van der Waals surface area contributed by atoms with Crippen molar-refractivity contribution < 1.29 is 14.0 Å². The van der Waals surface area contributed by atoms with E-state index in [1.54, 1.807) is 37.4 Å². The number of hydrogen-bond donors (Lipinski definition) is 2. The first-order valence-electron chi connectivity index (χ1n) is 7.78. The molecule has 2 aromatic carbocycles. The quantitative estimate of drug-likeness (QED) is 0.749. The summed E-state index contributed by atoms with van der Waals surface area (Å²) >= 11 is 6.11. The van der Waals surface area contributed by atoms with E-state index in [2.05, 4.69) is 10.6 Å². The van der Waals surface area contributed by atoms with Gasteiger partial charge in [-0.1, -0.05) is 35.9 Å². The van der Waals surface area contributed by atoms with Crippen molar-refractivity contribution >= 4 is 34.4 Å². The lowest BCUT2D eigenvalue weighted by atomic mass is 10.1. The molecule has 0 radical (unpaired) electrons. The Bertz CT molecular complexity index is 945. The third kappa shape index (κ3) is 3.37. The second-order valence-electron chi connectivity index (χ2n) is 5.63. The van der Waals surface area contributed by atoms with Crippen molar-refractivity contribution in [3.8, 4) is 0 Å². The molecule has 1 heterocycles. The smallest absolute Gasteiger partial charge is 0.287 e. The first-order chi connectivity index (χ1) is 12.0. The number of carbonyl (C=O) groups is 2. The number of amides is 2. The van der Waals surface area contributed by atoms with Gasteiger partial charge in [-0.3, -0.25) is 9.59 Å². The molecule has 1 aromatic heterocycles. The number of benzene rings is 2. The van der Waals surface area contributed by atoms with Gasteiger partial charge in [-0.15, -0.1) is 0 Å². The highest BCUT2D eigenvalue weighted by Crippen LogP contribution is 2.30. The molecule has 25 heavy (non-hydrogen) atoms. The highest BCUT2D eigenvalue weighted by Gasteiger charge is 2.18. The first-order valence-corrected chi connectivity index (χ1v) is 8.16. The molecule has 0 unspecified atom stereocenters. The molecule has 3 rings (SSSR count). The number of rotatable bonds is 4. The zero-order valence-electron chi connectivity index (χ0n) is 13.9. The number of aryl methyl sites for hydroxylation is 1. The zero-order valence-corrected chi connectivity index (χ0v) is 14.6. The third-order valence-corrected chi connectivity index (χ3v) is 4.32. The van der Waals surface area contributed by atoms with Crippen molar-refractivity contribution in [2.75, 3.05) is 7.05 Å². The monoisotopic (exact) mass is 356 g/mol. The molecule has 0 aliphatic carbocycles. The highest BCUT2D eigenvalue weighted by atomic mass is 35.5. The van der Waals surface area contributed by atoms with Crippen LogP contribution in [0.2, 0.25) is 5.02 Å². The fourth-order valence-electron chi connectivity index (χ4n) is 2.61. The van der Waals surface area contributed by atoms with Crippen molar-refractivity contribution in [1.82, 2.24) is 10.6 Å². The Morgan fingerprint density at radius 3 is 2.44 bits per heavy atom. The Kier molecular flexibility index (Phi) is 4.76. The van der Waals surface area contributed by atoms with E-state index < -0.39 is 0 Å². The van der Waals surface area contributed by atoms with Gasteiger partial charge in [0.05, 0.1) is 5.02 Å². The summed E-state index contributed by atoms with van der Waals surface area (Å²) in [5.74, 6) is -0.199. The van der Waals surface area contributed by atoms with E-state index in [1.165, 1.54) is 0 Å². The molecule has 3 aromatic rings. The average molecular weight is 357 g/mol. The van der Waals surface area contributed by atoms with E-state index in [1.807, 2.05) is 19.1 Å². The van der Waals surface area contributed by atoms with Crippen LogP contribution in [-0.2, 0) is 6.54 Å². The summed E-state index contributed by atoms with van der Waals surface area (Å²) in [6, 6.07) is 12.4. The lowest BCUT2D eigenvalue weighted by Crippen LogP contribution is -2.23. The summed E-state index contributed by atoms with van der Waals surface area (Å²) in [6.07, 6.45) is 0. The van der Waals surface area contributed by atoms with Crippen LogP contribution in [0.4, 0.5) is 0 Å². The number of para-hydroxylation sites is 1. The molecule has 0 spiro atoms. The van der Waals surface area contributed by atoms with Crippen molar-refractivity contribution in [1.29, 1.82) is 0 Å². The van der Waals surface area contributed by atoms with Crippen LogP contribution in [0.3, 0.4) is 0 Å². The Labute approximate surface area is 150 Å². The Morgan fingerprint density at radius 2 is 1.80 bits per heavy atom. The summed E-state index contributed by atoms with van der Waals surface area (Å²) in [5, 5.41) is 6.69. The van der Waals surface area contributed by atoms with E-state index in [0.29, 0.717) is 22.7 Å². The van der Waals surface area contributed by atoms with Gasteiger partial charge in [0, 0.05) is 30.1 Å². The summed E-state index contributed by atoms with van der Waals surface area (Å²) in [5.41, 5.74) is 2.72. The number of fused-ring (bicyclic) bond motifs is 1. The summed E-state index contributed by atoms with van der Waals surface area (Å²) < 4.78 is 5.65. The van der Waals surface area contributed by atoms with E-state index >= 15 is 0 Å². The van der Waals surface area contributed by atoms with Gasteiger partial charge in [0.25, 0.3) is 11.8 Å². The van der Waals surface area contributed by atoms with Crippen molar-refractivity contribution in [3.05, 3.63) is 69.9 Å². The van der Waals surface area contributed by atoms with E-state index in [4.69, 9.17) is 16.0 Å². The highest BCUT2D eigenvalue weighted by molar-refractivity contribution is 6.35. The zero-order chi connectivity index (χ0) is 18.0. The van der Waals surface area contributed by atoms with Crippen LogP contribution in [0.15, 0.2) is 46.9 Å². The lowest BCUT2D eigenvalue weighted by molar-refractivity contribution is 0.0922. The fraction of sp³-hybridized carbons (Fsp3) is 0.158. The Hall–Kier alpha value is -2.79. The molecule has 6 heteroatoms. The summed E-state index contributed by atoms with van der Waals surface area (Å²) in [4.78, 5) is 24.0. The van der Waals surface area contributed by atoms with Gasteiger partial charge in [0.2, 0.25) is 0 Å². The number of hydrogen-bond acceptors (Lipinski definition) is 3. The molecular weight excluding hydrogens is 340 g/mol. The van der Waals surface area contributed by atoms with Crippen LogP contribution in [0.25, 0.3) is 11.0 Å². The minimum absolute atomic E-state index is 0.148. The lowest BCUT2D eigenvalue weighted by Gasteiger charge is -2.05. The van der Waals surface area contributed by atoms with Gasteiger partial charge in [-0.25, -0.2) is 0 Å². The minimum atomic E-state index is -0.305. The average Bonchev–Trinajstić information content (AvgIpc) is 2.98. The Balaban J connectivity index is 1.74. The van der Waals surface area contributed by atoms with E-state index in [9.17, 15) is 9.59 Å². The standard InChI is InChI=1S/C19H17ClN2O3/c1-11-14-4-3-5-15(20)17(14)25-16(11)19(24)22-10-12-6-8-13(9-7-12)18(23)21-2/h3-9H,10H2,1-2H3,(H,21,23)(H,22,24). The third-order valence-electron chi connectivity index (χ3n) is 4.02. The number of carbonyl (C=O) groups excluding carboxylic acids is 2. The van der Waals surface area contributed by atoms with Gasteiger partial charge in [0.15, 0.2) is 11.3 Å². The van der Waals surface area contributed by atoms with Gasteiger partial charge in [-0.05, 0) is 30.7 Å². The normalized spacial score (nSPS) is 10.7. The molecule has 0 saturated heterocycles. The largest absolute Gasteiger partial charge is 0.449 e. The molecule has 128 valence electrons. The molecule has 2 amide bonds. The predicted molar refractivity (Wildman–Crippen MR) is 97.0 cm³/mol. The van der Waals surface area contributed by atoms with Crippen LogP contribution in [0.5, 0.6) is 0 Å².